The number of aromatic nitrogens is 2. The summed E-state index contributed by atoms with van der Waals surface area (Å²) in [5, 5.41) is 7.32. The van der Waals surface area contributed by atoms with Crippen molar-refractivity contribution in [3.8, 4) is 0 Å². The first-order valence-electron chi connectivity index (χ1n) is 3.53. The van der Waals surface area contributed by atoms with Gasteiger partial charge in [0.05, 0.1) is 5.69 Å². The minimum atomic E-state index is 0.854. The molecule has 0 atom stereocenters. The first-order chi connectivity index (χ1) is 4.86. The molecule has 56 valence electrons. The number of rotatable bonds is 3. The highest BCUT2D eigenvalue weighted by molar-refractivity contribution is 4.97. The molecule has 0 aromatic carbocycles. The van der Waals surface area contributed by atoms with Gasteiger partial charge in [-0.05, 0) is 20.0 Å². The van der Waals surface area contributed by atoms with Crippen molar-refractivity contribution in [2.24, 2.45) is 0 Å². The molecule has 1 heterocycles. The Labute approximate surface area is 61.0 Å². The standard InChI is InChI=1S/C7H13N3/c1-3-10-5-4-7(9-10)6-8-2/h4-5,8H,3,6H2,1-2H3. The van der Waals surface area contributed by atoms with Crippen LogP contribution in [0.5, 0.6) is 0 Å². The van der Waals surface area contributed by atoms with Gasteiger partial charge in [0.1, 0.15) is 0 Å². The van der Waals surface area contributed by atoms with Crippen LogP contribution < -0.4 is 5.32 Å². The molecule has 0 radical (unpaired) electrons. The molecule has 0 aliphatic heterocycles. The summed E-state index contributed by atoms with van der Waals surface area (Å²) in [5.74, 6) is 0. The SMILES string of the molecule is CCn1ccc(CNC)n1. The maximum atomic E-state index is 4.27. The van der Waals surface area contributed by atoms with Crippen molar-refractivity contribution in [2.45, 2.75) is 20.0 Å². The maximum Gasteiger partial charge on any atom is 0.0762 e. The minimum absolute atomic E-state index is 0.854. The summed E-state index contributed by atoms with van der Waals surface area (Å²) in [7, 11) is 1.92. The Balaban J connectivity index is 2.59. The second-order valence-electron chi connectivity index (χ2n) is 2.19. The molecule has 1 rings (SSSR count). The lowest BCUT2D eigenvalue weighted by molar-refractivity contribution is 0.637. The molecule has 1 aromatic rings. The topological polar surface area (TPSA) is 29.9 Å². The van der Waals surface area contributed by atoms with Gasteiger partial charge in [-0.15, -0.1) is 0 Å². The molecular weight excluding hydrogens is 126 g/mol. The highest BCUT2D eigenvalue weighted by Crippen LogP contribution is 1.93. The van der Waals surface area contributed by atoms with Crippen molar-refractivity contribution in [2.75, 3.05) is 7.05 Å². The third kappa shape index (κ3) is 1.57. The Hall–Kier alpha value is -0.830. The Morgan fingerprint density at radius 2 is 2.50 bits per heavy atom. The Bertz CT molecular complexity index is 192. The van der Waals surface area contributed by atoms with E-state index in [0.717, 1.165) is 18.8 Å². The van der Waals surface area contributed by atoms with Crippen LogP contribution in [0.15, 0.2) is 12.3 Å². The van der Waals surface area contributed by atoms with E-state index >= 15 is 0 Å². The van der Waals surface area contributed by atoms with Crippen LogP contribution in [-0.2, 0) is 13.1 Å². The van der Waals surface area contributed by atoms with Crippen LogP contribution in [0.2, 0.25) is 0 Å². The molecule has 3 heteroatoms. The zero-order valence-electron chi connectivity index (χ0n) is 6.46. The molecule has 0 fully saturated rings. The van der Waals surface area contributed by atoms with Gasteiger partial charge < -0.3 is 5.32 Å². The summed E-state index contributed by atoms with van der Waals surface area (Å²) in [5.41, 5.74) is 1.10. The lowest BCUT2D eigenvalue weighted by atomic mass is 10.4. The molecular formula is C7H13N3. The van der Waals surface area contributed by atoms with E-state index in [2.05, 4.69) is 17.3 Å². The fraction of sp³-hybridized carbons (Fsp3) is 0.571. The Morgan fingerprint density at radius 3 is 3.00 bits per heavy atom. The van der Waals surface area contributed by atoms with E-state index in [1.807, 2.05) is 24.0 Å². The van der Waals surface area contributed by atoms with Gasteiger partial charge in [-0.25, -0.2) is 0 Å². The zero-order valence-corrected chi connectivity index (χ0v) is 6.46. The maximum absolute atomic E-state index is 4.27. The summed E-state index contributed by atoms with van der Waals surface area (Å²) in [6.45, 7) is 3.88. The zero-order chi connectivity index (χ0) is 7.40. The van der Waals surface area contributed by atoms with Crippen LogP contribution in [-0.4, -0.2) is 16.8 Å². The van der Waals surface area contributed by atoms with Gasteiger partial charge in [0.25, 0.3) is 0 Å². The van der Waals surface area contributed by atoms with Crippen molar-refractivity contribution >= 4 is 0 Å². The van der Waals surface area contributed by atoms with Gasteiger partial charge in [0.2, 0.25) is 0 Å². The molecule has 0 aliphatic carbocycles. The van der Waals surface area contributed by atoms with E-state index in [-0.39, 0.29) is 0 Å². The normalized spacial score (nSPS) is 10.2. The predicted octanol–water partition coefficient (Wildman–Crippen LogP) is 0.622. The third-order valence-electron chi connectivity index (χ3n) is 1.38. The molecule has 10 heavy (non-hydrogen) atoms. The Morgan fingerprint density at radius 1 is 1.70 bits per heavy atom. The Kier molecular flexibility index (Phi) is 2.45. The van der Waals surface area contributed by atoms with Gasteiger partial charge in [-0.3, -0.25) is 4.68 Å². The van der Waals surface area contributed by atoms with Gasteiger partial charge in [-0.2, -0.15) is 5.10 Å². The highest BCUT2D eigenvalue weighted by atomic mass is 15.3. The molecule has 0 saturated carbocycles. The number of nitrogens with one attached hydrogen (secondary N) is 1. The average Bonchev–Trinajstić information content (AvgIpc) is 2.37. The number of nitrogens with zero attached hydrogens (tertiary/aromatic N) is 2. The third-order valence-corrected chi connectivity index (χ3v) is 1.38. The van der Waals surface area contributed by atoms with E-state index < -0.39 is 0 Å². The van der Waals surface area contributed by atoms with Crippen LogP contribution in [0.4, 0.5) is 0 Å². The van der Waals surface area contributed by atoms with Gasteiger partial charge in [-0.1, -0.05) is 0 Å². The van der Waals surface area contributed by atoms with Crippen LogP contribution in [0, 0.1) is 0 Å². The fourth-order valence-electron chi connectivity index (χ4n) is 0.855. The fourth-order valence-corrected chi connectivity index (χ4v) is 0.855. The van der Waals surface area contributed by atoms with Gasteiger partial charge in [0.15, 0.2) is 0 Å². The quantitative estimate of drug-likeness (QED) is 0.665. The lowest BCUT2D eigenvalue weighted by Crippen LogP contribution is -2.06. The lowest BCUT2D eigenvalue weighted by Gasteiger charge is -1.93. The van der Waals surface area contributed by atoms with E-state index in [4.69, 9.17) is 0 Å². The van der Waals surface area contributed by atoms with Crippen molar-refractivity contribution < 1.29 is 0 Å². The van der Waals surface area contributed by atoms with E-state index in [1.165, 1.54) is 0 Å². The molecule has 1 aromatic heterocycles. The number of aryl methyl sites for hydroxylation is 1. The average molecular weight is 139 g/mol. The largest absolute Gasteiger partial charge is 0.314 e. The molecule has 0 amide bonds. The van der Waals surface area contributed by atoms with E-state index in [9.17, 15) is 0 Å². The molecule has 0 saturated heterocycles. The number of hydrogen-bond acceptors (Lipinski definition) is 2. The van der Waals surface area contributed by atoms with E-state index in [0.29, 0.717) is 0 Å². The van der Waals surface area contributed by atoms with Gasteiger partial charge >= 0.3 is 0 Å². The second-order valence-corrected chi connectivity index (χ2v) is 2.19. The van der Waals surface area contributed by atoms with Crippen LogP contribution in [0.1, 0.15) is 12.6 Å². The smallest absolute Gasteiger partial charge is 0.0762 e. The molecule has 0 aliphatic rings. The molecule has 1 N–H and O–H groups in total. The van der Waals surface area contributed by atoms with Crippen LogP contribution >= 0.6 is 0 Å². The summed E-state index contributed by atoms with van der Waals surface area (Å²) in [6, 6.07) is 2.03. The predicted molar refractivity (Wildman–Crippen MR) is 40.7 cm³/mol. The van der Waals surface area contributed by atoms with Crippen molar-refractivity contribution in [3.63, 3.8) is 0 Å². The second kappa shape index (κ2) is 3.37. The van der Waals surface area contributed by atoms with Crippen LogP contribution in [0.25, 0.3) is 0 Å². The first kappa shape index (κ1) is 7.28. The van der Waals surface area contributed by atoms with Gasteiger partial charge in [0, 0.05) is 19.3 Å². The first-order valence-corrected chi connectivity index (χ1v) is 3.53. The van der Waals surface area contributed by atoms with Crippen molar-refractivity contribution in [1.82, 2.24) is 15.1 Å². The molecule has 0 unspecified atom stereocenters. The molecule has 3 nitrogen and oxygen atoms in total. The van der Waals surface area contributed by atoms with Crippen molar-refractivity contribution in [3.05, 3.63) is 18.0 Å². The molecule has 0 spiro atoms. The van der Waals surface area contributed by atoms with Crippen LogP contribution in [0.3, 0.4) is 0 Å². The van der Waals surface area contributed by atoms with E-state index in [1.54, 1.807) is 0 Å². The molecule has 0 bridgehead atoms. The summed E-state index contributed by atoms with van der Waals surface area (Å²) in [4.78, 5) is 0. The number of hydrogen-bond donors (Lipinski definition) is 1. The summed E-state index contributed by atoms with van der Waals surface area (Å²) >= 11 is 0. The summed E-state index contributed by atoms with van der Waals surface area (Å²) in [6.07, 6.45) is 1.99. The monoisotopic (exact) mass is 139 g/mol. The minimum Gasteiger partial charge on any atom is -0.314 e. The summed E-state index contributed by atoms with van der Waals surface area (Å²) < 4.78 is 1.92. The highest BCUT2D eigenvalue weighted by Gasteiger charge is 1.93. The van der Waals surface area contributed by atoms with Crippen molar-refractivity contribution in [1.29, 1.82) is 0 Å².